The van der Waals surface area contributed by atoms with Crippen LogP contribution < -0.4 is 0 Å². The molecule has 0 N–H and O–H groups in total. The molecular formula is C38H25NS. The van der Waals surface area contributed by atoms with E-state index in [2.05, 4.69) is 127 Å². The van der Waals surface area contributed by atoms with Gasteiger partial charge in [0.05, 0.1) is 11.4 Å². The van der Waals surface area contributed by atoms with Crippen molar-refractivity contribution in [3.63, 3.8) is 0 Å². The zero-order valence-corrected chi connectivity index (χ0v) is 22.7. The van der Waals surface area contributed by atoms with Crippen LogP contribution in [-0.2, 0) is 0 Å². The predicted molar refractivity (Wildman–Crippen MR) is 168 cm³/mol. The summed E-state index contributed by atoms with van der Waals surface area (Å²) >= 11 is 1.92. The molecule has 9 rings (SSSR count). The molecule has 0 spiro atoms. The highest BCUT2D eigenvalue weighted by Gasteiger charge is 2.43. The van der Waals surface area contributed by atoms with Gasteiger partial charge in [0, 0.05) is 20.9 Å². The Labute approximate surface area is 237 Å². The third-order valence-corrected chi connectivity index (χ3v) is 10.0. The van der Waals surface area contributed by atoms with Crippen LogP contribution in [0.2, 0.25) is 0 Å². The van der Waals surface area contributed by atoms with Gasteiger partial charge in [-0.1, -0.05) is 103 Å². The molecule has 1 aliphatic heterocycles. The third kappa shape index (κ3) is 3.39. The first kappa shape index (κ1) is 22.4. The average molecular weight is 528 g/mol. The minimum absolute atomic E-state index is 0.623. The van der Waals surface area contributed by atoms with Crippen molar-refractivity contribution < 1.29 is 0 Å². The van der Waals surface area contributed by atoms with E-state index in [1.807, 2.05) is 11.8 Å². The molecule has 2 aliphatic rings. The quantitative estimate of drug-likeness (QED) is 0.207. The van der Waals surface area contributed by atoms with E-state index >= 15 is 0 Å². The summed E-state index contributed by atoms with van der Waals surface area (Å²) in [6, 6.07) is 46.7. The van der Waals surface area contributed by atoms with Crippen molar-refractivity contribution in [2.24, 2.45) is 0 Å². The fourth-order valence-corrected chi connectivity index (χ4v) is 7.98. The van der Waals surface area contributed by atoms with Crippen LogP contribution >= 0.6 is 11.8 Å². The molecule has 188 valence electrons. The number of hydrogen-bond acceptors (Lipinski definition) is 2. The van der Waals surface area contributed by atoms with Gasteiger partial charge < -0.3 is 0 Å². The standard InChI is InChI=1S/C38H25NS/c1-2-10-27-25(8-1)26-9-3-4-11-28(26)31-20-23(16-18-29(27)31)35-13-7-14-36(39-35)24-17-19-38-34(21-24)33-22-32(33)30-12-5-6-15-37(30)40-38/h1-21,32-33H,22H2/t32-,33-/m0/s1. The minimum atomic E-state index is 0.623. The highest BCUT2D eigenvalue weighted by Crippen LogP contribution is 2.61. The molecule has 0 bridgehead atoms. The Morgan fingerprint density at radius 2 is 1.00 bits per heavy atom. The summed E-state index contributed by atoms with van der Waals surface area (Å²) in [5.41, 5.74) is 7.41. The van der Waals surface area contributed by atoms with E-state index in [4.69, 9.17) is 4.98 Å². The molecule has 0 amide bonds. The van der Waals surface area contributed by atoms with E-state index in [1.165, 1.54) is 65.2 Å². The Balaban J connectivity index is 1.15. The van der Waals surface area contributed by atoms with Gasteiger partial charge in [-0.15, -0.1) is 0 Å². The molecule has 7 aromatic rings. The molecule has 1 fully saturated rings. The summed E-state index contributed by atoms with van der Waals surface area (Å²) in [7, 11) is 0. The number of rotatable bonds is 2. The molecule has 1 nitrogen and oxygen atoms in total. The van der Waals surface area contributed by atoms with Crippen LogP contribution in [-0.4, -0.2) is 4.98 Å². The number of fused-ring (bicyclic) bond motifs is 11. The Kier molecular flexibility index (Phi) is 4.79. The number of aromatic nitrogens is 1. The molecule has 0 radical (unpaired) electrons. The first-order valence-electron chi connectivity index (χ1n) is 14.0. The van der Waals surface area contributed by atoms with Crippen molar-refractivity contribution in [1.29, 1.82) is 0 Å². The molecule has 2 heterocycles. The molecule has 1 aromatic heterocycles. The lowest BCUT2D eigenvalue weighted by Crippen LogP contribution is -1.91. The van der Waals surface area contributed by atoms with Gasteiger partial charge in [0.15, 0.2) is 0 Å². The van der Waals surface area contributed by atoms with Crippen LogP contribution in [0.3, 0.4) is 0 Å². The van der Waals surface area contributed by atoms with E-state index in [-0.39, 0.29) is 0 Å². The maximum absolute atomic E-state index is 5.21. The summed E-state index contributed by atoms with van der Waals surface area (Å²) in [6.07, 6.45) is 1.25. The molecule has 1 saturated carbocycles. The summed E-state index contributed by atoms with van der Waals surface area (Å²) in [5, 5.41) is 7.76. The number of nitrogens with zero attached hydrogens (tertiary/aromatic N) is 1. The van der Waals surface area contributed by atoms with Crippen LogP contribution in [0.4, 0.5) is 0 Å². The Morgan fingerprint density at radius 3 is 1.75 bits per heavy atom. The zero-order valence-electron chi connectivity index (χ0n) is 21.8. The van der Waals surface area contributed by atoms with Crippen molar-refractivity contribution in [3.8, 4) is 22.5 Å². The van der Waals surface area contributed by atoms with Crippen LogP contribution in [0, 0.1) is 0 Å². The van der Waals surface area contributed by atoms with Crippen LogP contribution in [0.1, 0.15) is 29.4 Å². The van der Waals surface area contributed by atoms with Gasteiger partial charge in [-0.05, 0) is 98.1 Å². The van der Waals surface area contributed by atoms with Crippen molar-refractivity contribution in [3.05, 3.63) is 139 Å². The summed E-state index contributed by atoms with van der Waals surface area (Å²) in [4.78, 5) is 8.02. The molecule has 0 unspecified atom stereocenters. The van der Waals surface area contributed by atoms with Crippen molar-refractivity contribution in [1.82, 2.24) is 4.98 Å². The Morgan fingerprint density at radius 1 is 0.450 bits per heavy atom. The molecule has 1 aliphatic carbocycles. The van der Waals surface area contributed by atoms with Crippen molar-refractivity contribution in [2.45, 2.75) is 28.0 Å². The summed E-state index contributed by atoms with van der Waals surface area (Å²) in [6.45, 7) is 0. The van der Waals surface area contributed by atoms with Crippen LogP contribution in [0.25, 0.3) is 54.8 Å². The molecular weight excluding hydrogens is 502 g/mol. The van der Waals surface area contributed by atoms with Gasteiger partial charge in [0.2, 0.25) is 0 Å². The first-order chi connectivity index (χ1) is 19.8. The van der Waals surface area contributed by atoms with E-state index in [0.29, 0.717) is 11.8 Å². The van der Waals surface area contributed by atoms with Gasteiger partial charge in [-0.2, -0.15) is 0 Å². The van der Waals surface area contributed by atoms with Crippen LogP contribution in [0.15, 0.2) is 137 Å². The lowest BCUT2D eigenvalue weighted by molar-refractivity contribution is 0.988. The smallest absolute Gasteiger partial charge is 0.0709 e. The third-order valence-electron chi connectivity index (χ3n) is 8.82. The second-order valence-electron chi connectivity index (χ2n) is 11.1. The number of pyridine rings is 1. The second-order valence-corrected chi connectivity index (χ2v) is 12.2. The largest absolute Gasteiger partial charge is 0.248 e. The summed E-state index contributed by atoms with van der Waals surface area (Å²) < 4.78 is 0. The predicted octanol–water partition coefficient (Wildman–Crippen LogP) is 10.6. The molecule has 2 atom stereocenters. The van der Waals surface area contributed by atoms with E-state index in [1.54, 1.807) is 0 Å². The Hall–Kier alpha value is -4.40. The SMILES string of the molecule is c1cc(-c2ccc3c(c2)[C@H]2C[C@H]2c2ccccc2S3)nc(-c2ccc3c4ccccc4c4ccccc4c3c2)c1. The average Bonchev–Trinajstić information content (AvgIpc) is 3.83. The monoisotopic (exact) mass is 527 g/mol. The van der Waals surface area contributed by atoms with E-state index in [0.717, 1.165) is 17.0 Å². The van der Waals surface area contributed by atoms with Gasteiger partial charge in [0.1, 0.15) is 0 Å². The maximum Gasteiger partial charge on any atom is 0.0709 e. The highest BCUT2D eigenvalue weighted by molar-refractivity contribution is 7.99. The van der Waals surface area contributed by atoms with Gasteiger partial charge in [0.25, 0.3) is 0 Å². The normalized spacial score (nSPS) is 17.3. The van der Waals surface area contributed by atoms with Crippen LogP contribution in [0.5, 0.6) is 0 Å². The number of benzene rings is 6. The van der Waals surface area contributed by atoms with E-state index < -0.39 is 0 Å². The molecule has 0 saturated heterocycles. The molecule has 6 aromatic carbocycles. The van der Waals surface area contributed by atoms with Gasteiger partial charge >= 0.3 is 0 Å². The van der Waals surface area contributed by atoms with Crippen molar-refractivity contribution >= 4 is 44.1 Å². The fraction of sp³-hybridized carbons (Fsp3) is 0.0789. The highest BCUT2D eigenvalue weighted by atomic mass is 32.2. The fourth-order valence-electron chi connectivity index (χ4n) is 6.79. The number of hydrogen-bond donors (Lipinski definition) is 0. The summed E-state index contributed by atoms with van der Waals surface area (Å²) in [5.74, 6) is 1.28. The van der Waals surface area contributed by atoms with Gasteiger partial charge in [-0.25, -0.2) is 4.98 Å². The maximum atomic E-state index is 5.21. The topological polar surface area (TPSA) is 12.9 Å². The van der Waals surface area contributed by atoms with Crippen molar-refractivity contribution in [2.75, 3.05) is 0 Å². The molecule has 40 heavy (non-hydrogen) atoms. The lowest BCUT2D eigenvalue weighted by Gasteiger charge is -2.13. The molecule has 2 heteroatoms. The minimum Gasteiger partial charge on any atom is -0.248 e. The second kappa shape index (κ2) is 8.55. The Bertz CT molecular complexity index is 2110. The first-order valence-corrected chi connectivity index (χ1v) is 14.9. The van der Waals surface area contributed by atoms with E-state index in [9.17, 15) is 0 Å². The lowest BCUT2D eigenvalue weighted by atomic mass is 9.93. The zero-order chi connectivity index (χ0) is 26.2. The van der Waals surface area contributed by atoms with Gasteiger partial charge in [-0.3, -0.25) is 0 Å².